The predicted molar refractivity (Wildman–Crippen MR) is 97.5 cm³/mol. The van der Waals surface area contributed by atoms with Crippen LogP contribution in [0.3, 0.4) is 0 Å². The van der Waals surface area contributed by atoms with Gasteiger partial charge in [-0.1, -0.05) is 12.5 Å². The summed E-state index contributed by atoms with van der Waals surface area (Å²) in [6.45, 7) is 4.59. The molecule has 144 valence electrons. The number of benzene rings is 1. The van der Waals surface area contributed by atoms with Crippen LogP contribution < -0.4 is 0 Å². The first-order valence-corrected chi connectivity index (χ1v) is 10.3. The second kappa shape index (κ2) is 8.64. The van der Waals surface area contributed by atoms with E-state index in [1.807, 2.05) is 6.92 Å². The fourth-order valence-corrected chi connectivity index (χ4v) is 4.92. The molecule has 0 aliphatic carbocycles. The van der Waals surface area contributed by atoms with Gasteiger partial charge in [0.25, 0.3) is 5.91 Å². The number of hydrogen-bond donors (Lipinski definition) is 1. The van der Waals surface area contributed by atoms with Gasteiger partial charge in [-0.3, -0.25) is 9.59 Å². The molecular weight excluding hydrogens is 356 g/mol. The molecule has 1 heterocycles. The summed E-state index contributed by atoms with van der Waals surface area (Å²) < 4.78 is 27.4. The van der Waals surface area contributed by atoms with Crippen LogP contribution in [0.25, 0.3) is 0 Å². The molecule has 0 radical (unpaired) electrons. The average Bonchev–Trinajstić information content (AvgIpc) is 2.62. The van der Waals surface area contributed by atoms with Gasteiger partial charge in [-0.25, -0.2) is 8.42 Å². The van der Waals surface area contributed by atoms with E-state index in [4.69, 9.17) is 5.11 Å². The van der Waals surface area contributed by atoms with Crippen LogP contribution >= 0.6 is 0 Å². The van der Waals surface area contributed by atoms with Crippen molar-refractivity contribution < 1.29 is 23.1 Å². The van der Waals surface area contributed by atoms with Crippen molar-refractivity contribution in [2.75, 3.05) is 19.6 Å². The Morgan fingerprint density at radius 1 is 1.31 bits per heavy atom. The van der Waals surface area contributed by atoms with E-state index in [1.54, 1.807) is 19.1 Å². The Hall–Kier alpha value is -1.93. The fourth-order valence-electron chi connectivity index (χ4n) is 3.17. The molecule has 26 heavy (non-hydrogen) atoms. The van der Waals surface area contributed by atoms with Crippen molar-refractivity contribution in [1.82, 2.24) is 9.21 Å². The monoisotopic (exact) mass is 382 g/mol. The Balaban J connectivity index is 2.26. The number of piperidine rings is 1. The first-order chi connectivity index (χ1) is 12.3. The third-order valence-electron chi connectivity index (χ3n) is 4.69. The van der Waals surface area contributed by atoms with E-state index in [9.17, 15) is 18.0 Å². The van der Waals surface area contributed by atoms with E-state index in [0.29, 0.717) is 13.1 Å². The predicted octanol–water partition coefficient (Wildman–Crippen LogP) is 2.19. The van der Waals surface area contributed by atoms with Gasteiger partial charge in [-0.15, -0.1) is 0 Å². The Kier molecular flexibility index (Phi) is 6.77. The molecule has 1 aliphatic rings. The average molecular weight is 382 g/mol. The van der Waals surface area contributed by atoms with Gasteiger partial charge in [0.15, 0.2) is 0 Å². The zero-order valence-corrected chi connectivity index (χ0v) is 16.0. The zero-order chi connectivity index (χ0) is 19.3. The van der Waals surface area contributed by atoms with Crippen molar-refractivity contribution in [2.24, 2.45) is 0 Å². The number of sulfonamides is 1. The number of carbonyl (C=O) groups is 2. The first kappa shape index (κ1) is 20.4. The highest BCUT2D eigenvalue weighted by Crippen LogP contribution is 2.25. The highest BCUT2D eigenvalue weighted by atomic mass is 32.2. The molecule has 2 rings (SSSR count). The summed E-state index contributed by atoms with van der Waals surface area (Å²) in [7, 11) is -3.66. The minimum absolute atomic E-state index is 0.0594. The van der Waals surface area contributed by atoms with Crippen LogP contribution in [-0.4, -0.2) is 60.3 Å². The molecule has 1 amide bonds. The molecule has 0 aromatic heterocycles. The van der Waals surface area contributed by atoms with Crippen molar-refractivity contribution in [3.8, 4) is 0 Å². The molecule has 0 bridgehead atoms. The van der Waals surface area contributed by atoms with Crippen LogP contribution in [0.5, 0.6) is 0 Å². The maximum absolute atomic E-state index is 13.0. The van der Waals surface area contributed by atoms with Crippen molar-refractivity contribution in [3.05, 3.63) is 29.8 Å². The van der Waals surface area contributed by atoms with Crippen molar-refractivity contribution in [1.29, 1.82) is 0 Å². The number of carboxylic acid groups (broad SMARTS) is 1. The molecule has 0 saturated carbocycles. The summed E-state index contributed by atoms with van der Waals surface area (Å²) in [5, 5.41) is 8.81. The molecule has 1 saturated heterocycles. The van der Waals surface area contributed by atoms with E-state index in [2.05, 4.69) is 0 Å². The number of carbonyl (C=O) groups excluding carboxylic acids is 1. The van der Waals surface area contributed by atoms with Crippen LogP contribution in [0.2, 0.25) is 0 Å². The number of amides is 1. The van der Waals surface area contributed by atoms with Crippen LogP contribution in [0.15, 0.2) is 29.2 Å². The largest absolute Gasteiger partial charge is 0.481 e. The Bertz CT molecular complexity index is 763. The van der Waals surface area contributed by atoms with Gasteiger partial charge in [0.2, 0.25) is 10.0 Å². The molecule has 1 atom stereocenters. The topological polar surface area (TPSA) is 95.0 Å². The number of hydrogen-bond acceptors (Lipinski definition) is 4. The van der Waals surface area contributed by atoms with E-state index in [0.717, 1.165) is 19.3 Å². The molecule has 1 aliphatic heterocycles. The summed E-state index contributed by atoms with van der Waals surface area (Å²) >= 11 is 0. The number of aliphatic carboxylic acids is 1. The molecule has 1 unspecified atom stereocenters. The maximum Gasteiger partial charge on any atom is 0.305 e. The minimum Gasteiger partial charge on any atom is -0.481 e. The summed E-state index contributed by atoms with van der Waals surface area (Å²) in [4.78, 5) is 24.9. The Morgan fingerprint density at radius 2 is 2.04 bits per heavy atom. The van der Waals surface area contributed by atoms with Gasteiger partial charge in [0, 0.05) is 31.2 Å². The van der Waals surface area contributed by atoms with Gasteiger partial charge in [-0.2, -0.15) is 4.31 Å². The standard InChI is InChI=1S/C18H26N2O5S/c1-3-19(12-10-17(21)22)18(23)15-8-6-9-16(13-15)26(24,25)20-11-5-4-7-14(20)2/h6,8-9,13-14H,3-5,7,10-12H2,1-2H3,(H,21,22). The molecular formula is C18H26N2O5S. The number of carboxylic acids is 1. The van der Waals surface area contributed by atoms with Gasteiger partial charge in [-0.05, 0) is 44.9 Å². The van der Waals surface area contributed by atoms with Crippen molar-refractivity contribution in [2.45, 2.75) is 50.5 Å². The fraction of sp³-hybridized carbons (Fsp3) is 0.556. The zero-order valence-electron chi connectivity index (χ0n) is 15.2. The second-order valence-corrected chi connectivity index (χ2v) is 8.41. The van der Waals surface area contributed by atoms with Crippen LogP contribution in [-0.2, 0) is 14.8 Å². The van der Waals surface area contributed by atoms with E-state index < -0.39 is 16.0 Å². The quantitative estimate of drug-likeness (QED) is 0.780. The third kappa shape index (κ3) is 4.62. The molecule has 7 nitrogen and oxygen atoms in total. The van der Waals surface area contributed by atoms with Crippen molar-refractivity contribution >= 4 is 21.9 Å². The molecule has 1 aromatic carbocycles. The number of rotatable bonds is 7. The van der Waals surface area contributed by atoms with Gasteiger partial charge < -0.3 is 10.0 Å². The maximum atomic E-state index is 13.0. The molecule has 1 aromatic rings. The van der Waals surface area contributed by atoms with Gasteiger partial charge in [0.1, 0.15) is 0 Å². The third-order valence-corrected chi connectivity index (χ3v) is 6.70. The normalized spacial score (nSPS) is 18.5. The SMILES string of the molecule is CCN(CCC(=O)O)C(=O)c1cccc(S(=O)(=O)N2CCCCC2C)c1. The van der Waals surface area contributed by atoms with Crippen LogP contribution in [0, 0.1) is 0 Å². The summed E-state index contributed by atoms with van der Waals surface area (Å²) in [6, 6.07) is 5.95. The van der Waals surface area contributed by atoms with E-state index in [-0.39, 0.29) is 35.4 Å². The van der Waals surface area contributed by atoms with E-state index in [1.165, 1.54) is 21.3 Å². The minimum atomic E-state index is -3.66. The first-order valence-electron chi connectivity index (χ1n) is 8.90. The highest BCUT2D eigenvalue weighted by Gasteiger charge is 2.31. The van der Waals surface area contributed by atoms with E-state index >= 15 is 0 Å². The summed E-state index contributed by atoms with van der Waals surface area (Å²) in [6.07, 6.45) is 2.53. The highest BCUT2D eigenvalue weighted by molar-refractivity contribution is 7.89. The lowest BCUT2D eigenvalue weighted by molar-refractivity contribution is -0.137. The Morgan fingerprint density at radius 3 is 2.65 bits per heavy atom. The molecule has 0 spiro atoms. The summed E-state index contributed by atoms with van der Waals surface area (Å²) in [5.74, 6) is -1.34. The lowest BCUT2D eigenvalue weighted by Crippen LogP contribution is -2.42. The molecule has 1 N–H and O–H groups in total. The second-order valence-electron chi connectivity index (χ2n) is 6.52. The smallest absolute Gasteiger partial charge is 0.305 e. The molecule has 8 heteroatoms. The number of nitrogens with zero attached hydrogens (tertiary/aromatic N) is 2. The van der Waals surface area contributed by atoms with Crippen LogP contribution in [0.4, 0.5) is 0 Å². The van der Waals surface area contributed by atoms with Gasteiger partial charge in [0.05, 0.1) is 11.3 Å². The van der Waals surface area contributed by atoms with Gasteiger partial charge >= 0.3 is 5.97 Å². The van der Waals surface area contributed by atoms with Crippen molar-refractivity contribution in [3.63, 3.8) is 0 Å². The van der Waals surface area contributed by atoms with Crippen LogP contribution in [0.1, 0.15) is 49.9 Å². The summed E-state index contributed by atoms with van der Waals surface area (Å²) in [5.41, 5.74) is 0.253. The Labute approximate surface area is 154 Å². The lowest BCUT2D eigenvalue weighted by Gasteiger charge is -2.32. The molecule has 1 fully saturated rings. The lowest BCUT2D eigenvalue weighted by atomic mass is 10.1.